The SMILES string of the molecule is Cc1cc(=O)n(CCN2CCCn3nc(C(O)CO)cc3C2)c(=O)[nH]1. The Hall–Kier alpha value is -2.23. The zero-order chi connectivity index (χ0) is 18.0. The Morgan fingerprint density at radius 3 is 2.80 bits per heavy atom. The number of aliphatic hydroxyl groups is 2. The molecule has 0 spiro atoms. The van der Waals surface area contributed by atoms with Gasteiger partial charge in [0.15, 0.2) is 0 Å². The van der Waals surface area contributed by atoms with E-state index in [0.29, 0.717) is 31.0 Å². The second-order valence-electron chi connectivity index (χ2n) is 6.36. The van der Waals surface area contributed by atoms with Crippen LogP contribution in [0.5, 0.6) is 0 Å². The van der Waals surface area contributed by atoms with Crippen LogP contribution in [-0.4, -0.2) is 54.1 Å². The van der Waals surface area contributed by atoms with E-state index in [4.69, 9.17) is 5.11 Å². The molecule has 9 nitrogen and oxygen atoms in total. The quantitative estimate of drug-likeness (QED) is 0.636. The molecule has 0 saturated carbocycles. The van der Waals surface area contributed by atoms with Crippen LogP contribution in [0.2, 0.25) is 0 Å². The van der Waals surface area contributed by atoms with Crippen molar-refractivity contribution < 1.29 is 10.2 Å². The molecule has 1 unspecified atom stereocenters. The number of nitrogens with zero attached hydrogens (tertiary/aromatic N) is 4. The summed E-state index contributed by atoms with van der Waals surface area (Å²) in [6, 6.07) is 3.21. The van der Waals surface area contributed by atoms with Gasteiger partial charge in [0.25, 0.3) is 5.56 Å². The summed E-state index contributed by atoms with van der Waals surface area (Å²) in [7, 11) is 0. The Bertz CT molecular complexity index is 822. The predicted molar refractivity (Wildman–Crippen MR) is 90.2 cm³/mol. The number of rotatable bonds is 5. The third kappa shape index (κ3) is 3.89. The van der Waals surface area contributed by atoms with Gasteiger partial charge in [-0.15, -0.1) is 0 Å². The van der Waals surface area contributed by atoms with Crippen LogP contribution in [0.1, 0.15) is 29.6 Å². The largest absolute Gasteiger partial charge is 0.393 e. The molecule has 0 amide bonds. The molecule has 3 rings (SSSR count). The summed E-state index contributed by atoms with van der Waals surface area (Å²) in [5, 5.41) is 23.1. The van der Waals surface area contributed by atoms with Gasteiger partial charge >= 0.3 is 5.69 Å². The van der Waals surface area contributed by atoms with Gasteiger partial charge in [0, 0.05) is 44.5 Å². The lowest BCUT2D eigenvalue weighted by molar-refractivity contribution is 0.0916. The highest BCUT2D eigenvalue weighted by atomic mass is 16.3. The summed E-state index contributed by atoms with van der Waals surface area (Å²) in [6.45, 7) is 4.38. The van der Waals surface area contributed by atoms with Crippen molar-refractivity contribution in [3.05, 3.63) is 50.1 Å². The molecule has 2 aromatic heterocycles. The average molecular weight is 349 g/mol. The van der Waals surface area contributed by atoms with E-state index in [9.17, 15) is 14.7 Å². The topological polar surface area (TPSA) is 116 Å². The third-order valence-electron chi connectivity index (χ3n) is 4.42. The van der Waals surface area contributed by atoms with Crippen LogP contribution in [-0.2, 0) is 19.6 Å². The lowest BCUT2D eigenvalue weighted by atomic mass is 10.2. The number of hydrogen-bond acceptors (Lipinski definition) is 6. The average Bonchev–Trinajstić information content (AvgIpc) is 2.86. The Morgan fingerprint density at radius 1 is 1.28 bits per heavy atom. The summed E-state index contributed by atoms with van der Waals surface area (Å²) < 4.78 is 3.05. The molecule has 0 fully saturated rings. The fourth-order valence-corrected chi connectivity index (χ4v) is 3.09. The maximum Gasteiger partial charge on any atom is 0.328 e. The molecule has 3 heterocycles. The number of aromatic amines is 1. The molecule has 1 aliphatic heterocycles. The van der Waals surface area contributed by atoms with Crippen LogP contribution >= 0.6 is 0 Å². The van der Waals surface area contributed by atoms with Gasteiger partial charge in [-0.2, -0.15) is 5.10 Å². The molecule has 25 heavy (non-hydrogen) atoms. The van der Waals surface area contributed by atoms with Crippen LogP contribution in [0.25, 0.3) is 0 Å². The van der Waals surface area contributed by atoms with Crippen LogP contribution in [0.3, 0.4) is 0 Å². The van der Waals surface area contributed by atoms with E-state index in [-0.39, 0.29) is 12.2 Å². The van der Waals surface area contributed by atoms with Crippen molar-refractivity contribution in [1.82, 2.24) is 24.2 Å². The molecule has 0 saturated heterocycles. The first kappa shape index (κ1) is 17.6. The Morgan fingerprint density at radius 2 is 2.08 bits per heavy atom. The van der Waals surface area contributed by atoms with Gasteiger partial charge in [0.05, 0.1) is 18.0 Å². The van der Waals surface area contributed by atoms with E-state index in [1.165, 1.54) is 10.6 Å². The summed E-state index contributed by atoms with van der Waals surface area (Å²) in [6.07, 6.45) is -0.0970. The molecule has 136 valence electrons. The number of H-pyrrole nitrogens is 1. The molecule has 3 N–H and O–H groups in total. The third-order valence-corrected chi connectivity index (χ3v) is 4.42. The molecular formula is C16H23N5O4. The van der Waals surface area contributed by atoms with Gasteiger partial charge in [-0.05, 0) is 19.4 Å². The minimum Gasteiger partial charge on any atom is -0.393 e. The predicted octanol–water partition coefficient (Wildman–Crippen LogP) is -1.03. The molecule has 0 bridgehead atoms. The number of aliphatic hydroxyl groups excluding tert-OH is 2. The molecule has 1 atom stereocenters. The summed E-state index contributed by atoms with van der Waals surface area (Å²) in [5.41, 5.74) is 1.28. The van der Waals surface area contributed by atoms with E-state index in [0.717, 1.165) is 25.2 Å². The van der Waals surface area contributed by atoms with Crippen molar-refractivity contribution in [2.24, 2.45) is 0 Å². The van der Waals surface area contributed by atoms with Crippen LogP contribution in [0, 0.1) is 6.92 Å². The van der Waals surface area contributed by atoms with Gasteiger partial charge < -0.3 is 15.2 Å². The first-order chi connectivity index (χ1) is 12.0. The number of fused-ring (bicyclic) bond motifs is 1. The molecule has 0 aliphatic carbocycles. The Labute approximate surface area is 144 Å². The second kappa shape index (κ2) is 7.34. The number of hydrogen-bond donors (Lipinski definition) is 3. The molecule has 9 heteroatoms. The van der Waals surface area contributed by atoms with Crippen LogP contribution < -0.4 is 11.2 Å². The van der Waals surface area contributed by atoms with Crippen LogP contribution in [0.4, 0.5) is 0 Å². The lowest BCUT2D eigenvalue weighted by Gasteiger charge is -2.19. The Kier molecular flexibility index (Phi) is 5.16. The van der Waals surface area contributed by atoms with Gasteiger partial charge in [-0.3, -0.25) is 18.9 Å². The van der Waals surface area contributed by atoms with Gasteiger partial charge in [-0.25, -0.2) is 4.79 Å². The fraction of sp³-hybridized carbons (Fsp3) is 0.562. The molecule has 0 radical (unpaired) electrons. The van der Waals surface area contributed by atoms with Gasteiger partial charge in [0.1, 0.15) is 6.10 Å². The zero-order valence-corrected chi connectivity index (χ0v) is 14.2. The second-order valence-corrected chi connectivity index (χ2v) is 6.36. The van der Waals surface area contributed by atoms with Crippen molar-refractivity contribution in [1.29, 1.82) is 0 Å². The van der Waals surface area contributed by atoms with Crippen molar-refractivity contribution in [2.45, 2.75) is 39.1 Å². The van der Waals surface area contributed by atoms with E-state index in [1.54, 1.807) is 13.0 Å². The number of nitrogens with one attached hydrogen (secondary N) is 1. The highest BCUT2D eigenvalue weighted by molar-refractivity contribution is 5.13. The van der Waals surface area contributed by atoms with Crippen molar-refractivity contribution in [2.75, 3.05) is 19.7 Å². The van der Waals surface area contributed by atoms with E-state index in [2.05, 4.69) is 15.0 Å². The molecule has 1 aliphatic rings. The van der Waals surface area contributed by atoms with E-state index in [1.807, 2.05) is 4.68 Å². The molecule has 0 aromatic carbocycles. The molecule has 2 aromatic rings. The monoisotopic (exact) mass is 349 g/mol. The highest BCUT2D eigenvalue weighted by Gasteiger charge is 2.19. The normalized spacial score (nSPS) is 16.4. The lowest BCUT2D eigenvalue weighted by Crippen LogP contribution is -2.39. The van der Waals surface area contributed by atoms with E-state index < -0.39 is 11.8 Å². The van der Waals surface area contributed by atoms with Crippen molar-refractivity contribution >= 4 is 0 Å². The minimum absolute atomic E-state index is 0.297. The number of aromatic nitrogens is 4. The first-order valence-corrected chi connectivity index (χ1v) is 8.36. The van der Waals surface area contributed by atoms with E-state index >= 15 is 0 Å². The summed E-state index contributed by atoms with van der Waals surface area (Å²) >= 11 is 0. The first-order valence-electron chi connectivity index (χ1n) is 8.36. The minimum atomic E-state index is -0.974. The Balaban J connectivity index is 1.71. The molecular weight excluding hydrogens is 326 g/mol. The van der Waals surface area contributed by atoms with Crippen molar-refractivity contribution in [3.63, 3.8) is 0 Å². The zero-order valence-electron chi connectivity index (χ0n) is 14.2. The fourth-order valence-electron chi connectivity index (χ4n) is 3.09. The summed E-state index contributed by atoms with van der Waals surface area (Å²) in [5.74, 6) is 0. The maximum atomic E-state index is 12.0. The summed E-state index contributed by atoms with van der Waals surface area (Å²) in [4.78, 5) is 28.7. The van der Waals surface area contributed by atoms with Crippen LogP contribution in [0.15, 0.2) is 21.7 Å². The van der Waals surface area contributed by atoms with Gasteiger partial charge in [-0.1, -0.05) is 0 Å². The standard InChI is InChI=1S/C16H23N5O4/c1-11-7-15(24)20(16(25)17-11)6-5-19-3-2-4-21-12(9-19)8-13(18-21)14(23)10-22/h7-8,14,22-23H,2-6,9-10H2,1H3,(H,17,25). The highest BCUT2D eigenvalue weighted by Crippen LogP contribution is 2.17. The smallest absolute Gasteiger partial charge is 0.328 e. The maximum absolute atomic E-state index is 12.0. The van der Waals surface area contributed by atoms with Gasteiger partial charge in [0.2, 0.25) is 0 Å². The number of aryl methyl sites for hydroxylation is 2. The van der Waals surface area contributed by atoms with Crippen molar-refractivity contribution in [3.8, 4) is 0 Å².